The Morgan fingerprint density at radius 2 is 1.83 bits per heavy atom. The highest BCUT2D eigenvalue weighted by molar-refractivity contribution is 9.10. The van der Waals surface area contributed by atoms with Crippen LogP contribution in [0.25, 0.3) is 10.9 Å². The van der Waals surface area contributed by atoms with E-state index in [1.54, 1.807) is 12.1 Å². The van der Waals surface area contributed by atoms with Gasteiger partial charge in [0.2, 0.25) is 0 Å². The molecule has 0 saturated carbocycles. The Labute approximate surface area is 177 Å². The molecule has 1 heterocycles. The quantitative estimate of drug-likeness (QED) is 0.384. The molecule has 4 aromatic rings. The summed E-state index contributed by atoms with van der Waals surface area (Å²) in [6.07, 6.45) is 0.478. The standard InChI is InChI=1S/C21H13BrF3N3O2/c22-18-17(27-14-6-7-15(23)16(24)9-14)8-13-10-26-28(20(13)19(18)25)21(29)30-11-12-4-2-1-3-5-12/h1-10,27H,11H2. The van der Waals surface area contributed by atoms with Crippen LogP contribution >= 0.6 is 15.9 Å². The highest BCUT2D eigenvalue weighted by Gasteiger charge is 2.20. The van der Waals surface area contributed by atoms with Crippen molar-refractivity contribution in [2.45, 2.75) is 6.61 Å². The molecule has 0 unspecified atom stereocenters. The zero-order valence-corrected chi connectivity index (χ0v) is 16.8. The van der Waals surface area contributed by atoms with Crippen molar-refractivity contribution < 1.29 is 22.7 Å². The number of nitrogens with zero attached hydrogens (tertiary/aromatic N) is 2. The number of benzene rings is 3. The number of nitrogens with one attached hydrogen (secondary N) is 1. The molecule has 0 amide bonds. The fraction of sp³-hybridized carbons (Fsp3) is 0.0476. The van der Waals surface area contributed by atoms with Gasteiger partial charge in [-0.1, -0.05) is 30.3 Å². The second-order valence-electron chi connectivity index (χ2n) is 6.34. The van der Waals surface area contributed by atoms with Gasteiger partial charge in [-0.15, -0.1) is 0 Å². The molecule has 0 saturated heterocycles. The lowest BCUT2D eigenvalue weighted by atomic mass is 10.2. The molecule has 30 heavy (non-hydrogen) atoms. The van der Waals surface area contributed by atoms with E-state index in [0.717, 1.165) is 22.4 Å². The number of fused-ring (bicyclic) bond motifs is 1. The molecule has 5 nitrogen and oxygen atoms in total. The van der Waals surface area contributed by atoms with E-state index in [-0.39, 0.29) is 28.0 Å². The fourth-order valence-electron chi connectivity index (χ4n) is 2.87. The highest BCUT2D eigenvalue weighted by atomic mass is 79.9. The molecule has 0 aliphatic carbocycles. The number of anilines is 2. The smallest absolute Gasteiger partial charge is 0.435 e. The van der Waals surface area contributed by atoms with Crippen LogP contribution in [0.5, 0.6) is 0 Å². The van der Waals surface area contributed by atoms with Crippen molar-refractivity contribution in [3.05, 3.63) is 88.3 Å². The van der Waals surface area contributed by atoms with Crippen molar-refractivity contribution in [1.82, 2.24) is 9.78 Å². The molecule has 4 rings (SSSR count). The van der Waals surface area contributed by atoms with E-state index in [1.807, 2.05) is 18.2 Å². The summed E-state index contributed by atoms with van der Waals surface area (Å²) in [6.45, 7) is 0.0135. The summed E-state index contributed by atoms with van der Waals surface area (Å²) < 4.78 is 47.6. The third-order valence-corrected chi connectivity index (χ3v) is 5.09. The molecule has 0 aliphatic rings. The predicted molar refractivity (Wildman–Crippen MR) is 109 cm³/mol. The van der Waals surface area contributed by atoms with Gasteiger partial charge in [-0.2, -0.15) is 9.78 Å². The first-order chi connectivity index (χ1) is 14.4. The monoisotopic (exact) mass is 475 g/mol. The maximum Gasteiger partial charge on any atom is 0.435 e. The molecular weight excluding hydrogens is 463 g/mol. The molecule has 1 N–H and O–H groups in total. The molecule has 1 aromatic heterocycles. The van der Waals surface area contributed by atoms with Crippen LogP contribution in [-0.4, -0.2) is 15.9 Å². The highest BCUT2D eigenvalue weighted by Crippen LogP contribution is 2.34. The first kappa shape index (κ1) is 20.0. The molecule has 3 aromatic carbocycles. The summed E-state index contributed by atoms with van der Waals surface area (Å²) in [4.78, 5) is 12.4. The Morgan fingerprint density at radius 1 is 1.07 bits per heavy atom. The lowest BCUT2D eigenvalue weighted by Crippen LogP contribution is -2.15. The van der Waals surface area contributed by atoms with Crippen molar-refractivity contribution in [3.8, 4) is 0 Å². The van der Waals surface area contributed by atoms with Gasteiger partial charge in [0.1, 0.15) is 12.1 Å². The van der Waals surface area contributed by atoms with Gasteiger partial charge in [0.05, 0.1) is 16.4 Å². The number of aromatic nitrogens is 2. The zero-order chi connectivity index (χ0) is 21.3. The van der Waals surface area contributed by atoms with E-state index in [9.17, 15) is 13.6 Å². The van der Waals surface area contributed by atoms with Gasteiger partial charge < -0.3 is 10.1 Å². The first-order valence-corrected chi connectivity index (χ1v) is 9.52. The average molecular weight is 476 g/mol. The summed E-state index contributed by atoms with van der Waals surface area (Å²) >= 11 is 3.14. The second-order valence-corrected chi connectivity index (χ2v) is 7.13. The molecule has 0 fully saturated rings. The van der Waals surface area contributed by atoms with Crippen LogP contribution in [0.2, 0.25) is 0 Å². The number of carbonyl (C=O) groups excluding carboxylic acids is 1. The SMILES string of the molecule is O=C(OCc1ccccc1)n1ncc2cc(Nc3ccc(F)c(F)c3)c(Br)c(F)c21. The van der Waals surface area contributed by atoms with Crippen LogP contribution in [-0.2, 0) is 11.3 Å². The van der Waals surface area contributed by atoms with Crippen molar-refractivity contribution >= 4 is 44.3 Å². The lowest BCUT2D eigenvalue weighted by Gasteiger charge is -2.11. The maximum absolute atomic E-state index is 15.0. The van der Waals surface area contributed by atoms with Gasteiger partial charge in [0.15, 0.2) is 17.5 Å². The molecule has 0 bridgehead atoms. The first-order valence-electron chi connectivity index (χ1n) is 8.73. The van der Waals surface area contributed by atoms with Crippen LogP contribution in [0.4, 0.5) is 29.3 Å². The average Bonchev–Trinajstić information content (AvgIpc) is 3.17. The van der Waals surface area contributed by atoms with Crippen LogP contribution in [0, 0.1) is 17.5 Å². The molecular formula is C21H13BrF3N3O2. The topological polar surface area (TPSA) is 56.2 Å². The van der Waals surface area contributed by atoms with Crippen LogP contribution in [0.3, 0.4) is 0 Å². The Hall–Kier alpha value is -3.33. The minimum atomic E-state index is -1.04. The normalized spacial score (nSPS) is 10.9. The van der Waals surface area contributed by atoms with E-state index in [4.69, 9.17) is 4.74 Å². The van der Waals surface area contributed by atoms with Crippen molar-refractivity contribution in [3.63, 3.8) is 0 Å². The van der Waals surface area contributed by atoms with Crippen LogP contribution in [0.1, 0.15) is 5.56 Å². The van der Waals surface area contributed by atoms with Crippen LogP contribution in [0.15, 0.2) is 65.3 Å². The van der Waals surface area contributed by atoms with Gasteiger partial charge in [0, 0.05) is 17.1 Å². The van der Waals surface area contributed by atoms with E-state index in [2.05, 4.69) is 26.3 Å². The van der Waals surface area contributed by atoms with Crippen molar-refractivity contribution in [1.29, 1.82) is 0 Å². The minimum absolute atomic E-state index is 0.00246. The Balaban J connectivity index is 1.62. The van der Waals surface area contributed by atoms with E-state index in [0.29, 0.717) is 5.39 Å². The summed E-state index contributed by atoms with van der Waals surface area (Å²) in [5, 5.41) is 7.06. The predicted octanol–water partition coefficient (Wildman–Crippen LogP) is 6.14. The maximum atomic E-state index is 15.0. The molecule has 9 heteroatoms. The Kier molecular flexibility index (Phi) is 5.45. The summed E-state index contributed by atoms with van der Waals surface area (Å²) in [5.41, 5.74) is 1.18. The number of hydrogen-bond donors (Lipinski definition) is 1. The molecule has 0 spiro atoms. The largest absolute Gasteiger partial charge is 0.443 e. The van der Waals surface area contributed by atoms with Gasteiger partial charge in [0.25, 0.3) is 0 Å². The molecule has 0 radical (unpaired) electrons. The number of hydrogen-bond acceptors (Lipinski definition) is 4. The number of ether oxygens (including phenoxy) is 1. The summed E-state index contributed by atoms with van der Waals surface area (Å²) in [6, 6.07) is 13.8. The number of rotatable bonds is 4. The summed E-state index contributed by atoms with van der Waals surface area (Å²) in [5.74, 6) is -2.78. The number of carbonyl (C=O) groups is 1. The summed E-state index contributed by atoms with van der Waals surface area (Å²) in [7, 11) is 0. The van der Waals surface area contributed by atoms with Crippen molar-refractivity contribution in [2.75, 3.05) is 5.32 Å². The Morgan fingerprint density at radius 3 is 2.57 bits per heavy atom. The number of halogens is 4. The molecule has 152 valence electrons. The fourth-order valence-corrected chi connectivity index (χ4v) is 3.27. The van der Waals surface area contributed by atoms with E-state index < -0.39 is 23.5 Å². The van der Waals surface area contributed by atoms with Crippen LogP contribution < -0.4 is 5.32 Å². The van der Waals surface area contributed by atoms with Gasteiger partial charge in [-0.3, -0.25) is 0 Å². The third kappa shape index (κ3) is 3.88. The third-order valence-electron chi connectivity index (χ3n) is 4.31. The van der Waals surface area contributed by atoms with Crippen molar-refractivity contribution in [2.24, 2.45) is 0 Å². The van der Waals surface area contributed by atoms with Gasteiger partial charge in [-0.25, -0.2) is 18.0 Å². The van der Waals surface area contributed by atoms with Gasteiger partial charge >= 0.3 is 6.09 Å². The minimum Gasteiger partial charge on any atom is -0.443 e. The van der Waals surface area contributed by atoms with Gasteiger partial charge in [-0.05, 0) is 39.7 Å². The molecule has 0 aliphatic heterocycles. The molecule has 0 atom stereocenters. The second kappa shape index (κ2) is 8.19. The zero-order valence-electron chi connectivity index (χ0n) is 15.2. The lowest BCUT2D eigenvalue weighted by molar-refractivity contribution is 0.139. The van der Waals surface area contributed by atoms with E-state index in [1.165, 1.54) is 18.3 Å². The van der Waals surface area contributed by atoms with E-state index >= 15 is 4.39 Å². The Bertz CT molecular complexity index is 1250.